The first kappa shape index (κ1) is 17.8. The summed E-state index contributed by atoms with van der Waals surface area (Å²) in [5.74, 6) is -1.67. The molecule has 0 fully saturated rings. The molecular formula is C16H13ClN6O2. The van der Waals surface area contributed by atoms with Gasteiger partial charge in [-0.2, -0.15) is 10.4 Å². The monoisotopic (exact) mass is 356 g/mol. The number of hydrazone groups is 1. The van der Waals surface area contributed by atoms with Crippen molar-refractivity contribution in [3.63, 3.8) is 0 Å². The smallest absolute Gasteiger partial charge is 0.337 e. The number of halogens is 1. The average Bonchev–Trinajstić information content (AvgIpc) is 2.58. The zero-order chi connectivity index (χ0) is 18.4. The van der Waals surface area contributed by atoms with Crippen molar-refractivity contribution in [2.24, 2.45) is 10.8 Å². The third kappa shape index (κ3) is 4.25. The Bertz CT molecular complexity index is 904. The molecule has 0 spiro atoms. The summed E-state index contributed by atoms with van der Waals surface area (Å²) in [6.07, 6.45) is 0. The van der Waals surface area contributed by atoms with E-state index in [4.69, 9.17) is 28.0 Å². The normalized spacial score (nSPS) is 10.6. The van der Waals surface area contributed by atoms with Gasteiger partial charge in [0.05, 0.1) is 27.6 Å². The molecule has 25 heavy (non-hydrogen) atoms. The maximum atomic E-state index is 11.5. The van der Waals surface area contributed by atoms with Gasteiger partial charge in [0, 0.05) is 0 Å². The van der Waals surface area contributed by atoms with Crippen molar-refractivity contribution in [3.05, 3.63) is 53.1 Å². The highest BCUT2D eigenvalue weighted by Crippen LogP contribution is 2.32. The lowest BCUT2D eigenvalue weighted by molar-refractivity contribution is 0.0698. The van der Waals surface area contributed by atoms with E-state index < -0.39 is 11.8 Å². The highest BCUT2D eigenvalue weighted by molar-refractivity contribution is 6.45. The second-order valence-electron chi connectivity index (χ2n) is 4.74. The van der Waals surface area contributed by atoms with Gasteiger partial charge in [-0.1, -0.05) is 29.8 Å². The Morgan fingerprint density at radius 2 is 1.92 bits per heavy atom. The summed E-state index contributed by atoms with van der Waals surface area (Å²) in [4.78, 5) is 11.5. The lowest BCUT2D eigenvalue weighted by Gasteiger charge is -2.15. The Labute approximate surface area is 148 Å². The van der Waals surface area contributed by atoms with E-state index in [1.807, 2.05) is 0 Å². The van der Waals surface area contributed by atoms with Crippen molar-refractivity contribution in [1.82, 2.24) is 0 Å². The van der Waals surface area contributed by atoms with Crippen molar-refractivity contribution in [1.29, 1.82) is 10.7 Å². The Morgan fingerprint density at radius 1 is 1.24 bits per heavy atom. The molecule has 0 aliphatic rings. The number of nitrogens with zero attached hydrogens (tertiary/aromatic N) is 2. The van der Waals surface area contributed by atoms with Gasteiger partial charge in [0.25, 0.3) is 0 Å². The van der Waals surface area contributed by atoms with E-state index in [0.717, 1.165) is 0 Å². The third-order valence-corrected chi connectivity index (χ3v) is 3.41. The van der Waals surface area contributed by atoms with E-state index >= 15 is 0 Å². The molecule has 0 saturated carbocycles. The van der Waals surface area contributed by atoms with E-state index in [1.165, 1.54) is 12.1 Å². The van der Waals surface area contributed by atoms with E-state index in [2.05, 4.69) is 15.8 Å². The minimum absolute atomic E-state index is 0.0264. The zero-order valence-corrected chi connectivity index (χ0v) is 13.5. The van der Waals surface area contributed by atoms with Gasteiger partial charge in [0.1, 0.15) is 6.07 Å². The first-order chi connectivity index (χ1) is 11.9. The van der Waals surface area contributed by atoms with Crippen LogP contribution in [0.3, 0.4) is 0 Å². The van der Waals surface area contributed by atoms with E-state index in [1.54, 1.807) is 36.4 Å². The van der Waals surface area contributed by atoms with Crippen molar-refractivity contribution in [2.75, 3.05) is 10.7 Å². The van der Waals surface area contributed by atoms with Crippen molar-refractivity contribution in [2.45, 2.75) is 0 Å². The van der Waals surface area contributed by atoms with Crippen LogP contribution in [0.5, 0.6) is 0 Å². The number of carboxylic acid groups (broad SMARTS) is 1. The number of nitrogens with two attached hydrogens (primary N) is 1. The molecule has 0 unspecified atom stereocenters. The number of anilines is 3. The maximum absolute atomic E-state index is 11.5. The lowest BCUT2D eigenvalue weighted by Crippen LogP contribution is -2.22. The molecule has 0 amide bonds. The van der Waals surface area contributed by atoms with Crippen LogP contribution in [0.4, 0.5) is 17.1 Å². The van der Waals surface area contributed by atoms with E-state index in [9.17, 15) is 9.90 Å². The molecule has 0 bridgehead atoms. The molecule has 126 valence electrons. The number of nitriles is 1. The number of benzene rings is 2. The average molecular weight is 357 g/mol. The number of amidine groups is 1. The molecule has 0 heterocycles. The number of rotatable bonds is 6. The molecule has 0 aliphatic heterocycles. The number of hydrogen-bond donors (Lipinski definition) is 5. The molecule has 0 saturated heterocycles. The molecule has 2 aromatic rings. The first-order valence-corrected chi connectivity index (χ1v) is 7.28. The summed E-state index contributed by atoms with van der Waals surface area (Å²) in [6, 6.07) is 13.0. The molecular weight excluding hydrogens is 344 g/mol. The Morgan fingerprint density at radius 3 is 2.52 bits per heavy atom. The SMILES string of the molecule is N#C/C(=N\Nc1cccc(C(=O)O)c1Nc1ccccc1Cl)C(=N)N. The van der Waals surface area contributed by atoms with Gasteiger partial charge in [0.2, 0.25) is 5.71 Å². The molecule has 0 aromatic heterocycles. The van der Waals surface area contributed by atoms with Gasteiger partial charge in [-0.3, -0.25) is 10.8 Å². The van der Waals surface area contributed by atoms with Crippen LogP contribution in [0.15, 0.2) is 47.6 Å². The number of hydrogen-bond acceptors (Lipinski definition) is 6. The number of nitrogens with one attached hydrogen (secondary N) is 3. The quantitative estimate of drug-likeness (QED) is 0.305. The van der Waals surface area contributed by atoms with Crippen LogP contribution in [0.25, 0.3) is 0 Å². The fraction of sp³-hybridized carbons (Fsp3) is 0. The number of carbonyl (C=O) groups is 1. The molecule has 2 aromatic carbocycles. The Kier molecular flexibility index (Phi) is 5.55. The first-order valence-electron chi connectivity index (χ1n) is 6.90. The van der Waals surface area contributed by atoms with Crippen LogP contribution in [0.1, 0.15) is 10.4 Å². The van der Waals surface area contributed by atoms with Gasteiger partial charge in [-0.15, -0.1) is 0 Å². The van der Waals surface area contributed by atoms with Gasteiger partial charge >= 0.3 is 5.97 Å². The number of para-hydroxylation sites is 2. The highest BCUT2D eigenvalue weighted by atomic mass is 35.5. The van der Waals surface area contributed by atoms with E-state index in [-0.39, 0.29) is 22.6 Å². The molecule has 0 aliphatic carbocycles. The minimum atomic E-state index is -1.16. The summed E-state index contributed by atoms with van der Waals surface area (Å²) < 4.78 is 0. The Hall–Kier alpha value is -3.57. The van der Waals surface area contributed by atoms with Gasteiger partial charge in [-0.05, 0) is 24.3 Å². The summed E-state index contributed by atoms with van der Waals surface area (Å²) in [5.41, 5.74) is 8.41. The summed E-state index contributed by atoms with van der Waals surface area (Å²) >= 11 is 6.10. The summed E-state index contributed by atoms with van der Waals surface area (Å²) in [5, 5.41) is 32.6. The van der Waals surface area contributed by atoms with Crippen LogP contribution in [-0.2, 0) is 0 Å². The van der Waals surface area contributed by atoms with Crippen LogP contribution in [-0.4, -0.2) is 22.6 Å². The minimum Gasteiger partial charge on any atom is -0.478 e. The lowest BCUT2D eigenvalue weighted by atomic mass is 10.1. The molecule has 0 atom stereocenters. The van der Waals surface area contributed by atoms with Crippen molar-refractivity contribution < 1.29 is 9.90 Å². The van der Waals surface area contributed by atoms with Gasteiger partial charge in [0.15, 0.2) is 5.84 Å². The highest BCUT2D eigenvalue weighted by Gasteiger charge is 2.15. The molecule has 9 heteroatoms. The maximum Gasteiger partial charge on any atom is 0.337 e. The topological polar surface area (TPSA) is 147 Å². The van der Waals surface area contributed by atoms with Crippen LogP contribution < -0.4 is 16.5 Å². The van der Waals surface area contributed by atoms with Crippen LogP contribution in [0.2, 0.25) is 5.02 Å². The molecule has 2 rings (SSSR count). The predicted octanol–water partition coefficient (Wildman–Crippen LogP) is 3.01. The second-order valence-corrected chi connectivity index (χ2v) is 5.14. The second kappa shape index (κ2) is 7.81. The third-order valence-electron chi connectivity index (χ3n) is 3.08. The molecule has 0 radical (unpaired) electrons. The fourth-order valence-electron chi connectivity index (χ4n) is 1.92. The Balaban J connectivity index is 2.49. The zero-order valence-electron chi connectivity index (χ0n) is 12.7. The summed E-state index contributed by atoms with van der Waals surface area (Å²) in [6.45, 7) is 0. The van der Waals surface area contributed by atoms with Crippen LogP contribution in [0, 0.1) is 16.7 Å². The predicted molar refractivity (Wildman–Crippen MR) is 96.7 cm³/mol. The van der Waals surface area contributed by atoms with Gasteiger partial charge in [-0.25, -0.2) is 4.79 Å². The van der Waals surface area contributed by atoms with Crippen molar-refractivity contribution in [3.8, 4) is 6.07 Å². The van der Waals surface area contributed by atoms with Crippen molar-refractivity contribution >= 4 is 46.2 Å². The standard InChI is InChI=1S/C16H13ClN6O2/c17-10-5-1-2-6-11(10)21-14-9(16(24)25)4-3-7-12(14)22-23-13(8-18)15(19)20/h1-7,21-22H,(H3,19,20)(H,24,25)/b23-13+. The number of aromatic carboxylic acids is 1. The molecule has 8 nitrogen and oxygen atoms in total. The number of carboxylic acids is 1. The summed E-state index contributed by atoms with van der Waals surface area (Å²) in [7, 11) is 0. The molecule has 6 N–H and O–H groups in total. The van der Waals surface area contributed by atoms with Crippen LogP contribution >= 0.6 is 11.6 Å². The largest absolute Gasteiger partial charge is 0.478 e. The van der Waals surface area contributed by atoms with E-state index in [0.29, 0.717) is 10.7 Å². The fourth-order valence-corrected chi connectivity index (χ4v) is 2.10. The van der Waals surface area contributed by atoms with Gasteiger partial charge < -0.3 is 16.2 Å².